The van der Waals surface area contributed by atoms with Crippen LogP contribution in [-0.2, 0) is 9.53 Å². The zero-order chi connectivity index (χ0) is 21.0. The van der Waals surface area contributed by atoms with Crippen LogP contribution < -0.4 is 19.7 Å². The molecule has 31 heavy (non-hydrogen) atoms. The number of hydrogen-bond donors (Lipinski definition) is 1. The smallest absolute Gasteiger partial charge is 0.234 e. The van der Waals surface area contributed by atoms with Gasteiger partial charge in [0.05, 0.1) is 36.0 Å². The van der Waals surface area contributed by atoms with Crippen LogP contribution in [0, 0.1) is 0 Å². The van der Waals surface area contributed by atoms with Crippen LogP contribution in [0.25, 0.3) is 5.69 Å². The molecule has 3 heterocycles. The molecule has 0 bridgehead atoms. The number of nitrogens with one attached hydrogen (secondary N) is 1. The third-order valence-electron chi connectivity index (χ3n) is 4.90. The highest BCUT2D eigenvalue weighted by Crippen LogP contribution is 2.34. The number of ether oxygens (including phenoxy) is 3. The SMILES string of the molecule is O=C(CSc1nnnn1-c1ccc2c(c1)OCO2)Nc1ccccc1N1CCOCC1. The molecule has 2 aliphatic rings. The quantitative estimate of drug-likeness (QED) is 0.576. The number of carbonyl (C=O) groups is 1. The lowest BCUT2D eigenvalue weighted by Gasteiger charge is -2.30. The number of nitrogens with zero attached hydrogens (tertiary/aromatic N) is 5. The van der Waals surface area contributed by atoms with E-state index in [1.54, 1.807) is 10.7 Å². The number of anilines is 2. The molecule has 3 aromatic rings. The molecule has 0 unspecified atom stereocenters. The first kappa shape index (κ1) is 19.6. The molecular formula is C20H20N6O4S. The minimum atomic E-state index is -0.133. The zero-order valence-electron chi connectivity index (χ0n) is 16.6. The average Bonchev–Trinajstić information content (AvgIpc) is 3.47. The van der Waals surface area contributed by atoms with Gasteiger partial charge in [0.25, 0.3) is 0 Å². The number of thioether (sulfide) groups is 1. The summed E-state index contributed by atoms with van der Waals surface area (Å²) in [6.07, 6.45) is 0. The number of benzene rings is 2. The van der Waals surface area contributed by atoms with Crippen LogP contribution in [0.3, 0.4) is 0 Å². The summed E-state index contributed by atoms with van der Waals surface area (Å²) in [5, 5.41) is 15.3. The number of hydrogen-bond acceptors (Lipinski definition) is 9. The number of para-hydroxylation sites is 2. The van der Waals surface area contributed by atoms with E-state index >= 15 is 0 Å². The van der Waals surface area contributed by atoms with Crippen LogP contribution >= 0.6 is 11.8 Å². The average molecular weight is 440 g/mol. The van der Waals surface area contributed by atoms with Gasteiger partial charge in [0, 0.05) is 19.2 Å². The van der Waals surface area contributed by atoms with Gasteiger partial charge in [-0.3, -0.25) is 4.79 Å². The predicted molar refractivity (Wildman–Crippen MR) is 114 cm³/mol. The summed E-state index contributed by atoms with van der Waals surface area (Å²) in [6.45, 7) is 3.15. The van der Waals surface area contributed by atoms with E-state index in [1.165, 1.54) is 11.8 Å². The Balaban J connectivity index is 1.25. The molecule has 1 fully saturated rings. The third-order valence-corrected chi connectivity index (χ3v) is 5.82. The van der Waals surface area contributed by atoms with Crippen LogP contribution in [0.5, 0.6) is 11.5 Å². The van der Waals surface area contributed by atoms with E-state index in [2.05, 4.69) is 25.7 Å². The normalized spacial score (nSPS) is 15.2. The number of amides is 1. The van der Waals surface area contributed by atoms with E-state index in [-0.39, 0.29) is 18.5 Å². The van der Waals surface area contributed by atoms with E-state index in [0.29, 0.717) is 29.9 Å². The van der Waals surface area contributed by atoms with Crippen molar-refractivity contribution in [2.75, 3.05) is 49.1 Å². The molecule has 0 radical (unpaired) electrons. The van der Waals surface area contributed by atoms with Crippen LogP contribution in [0.2, 0.25) is 0 Å². The number of carbonyl (C=O) groups excluding carboxylic acids is 1. The molecule has 1 aromatic heterocycles. The largest absolute Gasteiger partial charge is 0.454 e. The maximum absolute atomic E-state index is 12.7. The van der Waals surface area contributed by atoms with E-state index < -0.39 is 0 Å². The molecule has 0 atom stereocenters. The fraction of sp³-hybridized carbons (Fsp3) is 0.300. The second kappa shape index (κ2) is 8.82. The molecule has 0 spiro atoms. The van der Waals surface area contributed by atoms with Crippen molar-refractivity contribution in [3.8, 4) is 17.2 Å². The number of morpholine rings is 1. The molecule has 0 aliphatic carbocycles. The summed E-state index contributed by atoms with van der Waals surface area (Å²) < 4.78 is 17.8. The van der Waals surface area contributed by atoms with Crippen molar-refractivity contribution in [2.45, 2.75) is 5.16 Å². The number of fused-ring (bicyclic) bond motifs is 1. The van der Waals surface area contributed by atoms with Gasteiger partial charge in [-0.25, -0.2) is 0 Å². The second-order valence-corrected chi connectivity index (χ2v) is 7.81. The van der Waals surface area contributed by atoms with Crippen molar-refractivity contribution in [3.05, 3.63) is 42.5 Å². The van der Waals surface area contributed by atoms with Crippen molar-refractivity contribution < 1.29 is 19.0 Å². The van der Waals surface area contributed by atoms with Gasteiger partial charge < -0.3 is 24.4 Å². The zero-order valence-corrected chi connectivity index (χ0v) is 17.4. The Hall–Kier alpha value is -3.31. The first-order valence-electron chi connectivity index (χ1n) is 9.81. The Bertz CT molecular complexity index is 1090. The van der Waals surface area contributed by atoms with Crippen molar-refractivity contribution in [3.63, 3.8) is 0 Å². The summed E-state index contributed by atoms with van der Waals surface area (Å²) in [5.74, 6) is 1.36. The molecule has 160 valence electrons. The standard InChI is InChI=1S/C20H20N6O4S/c27-19(21-15-3-1-2-4-16(15)25-7-9-28-10-8-25)12-31-20-22-23-24-26(20)14-5-6-17-18(11-14)30-13-29-17/h1-6,11H,7-10,12-13H2,(H,21,27). The summed E-state index contributed by atoms with van der Waals surface area (Å²) in [4.78, 5) is 14.9. The summed E-state index contributed by atoms with van der Waals surface area (Å²) in [6, 6.07) is 13.2. The molecule has 11 heteroatoms. The lowest BCUT2D eigenvalue weighted by atomic mass is 10.2. The van der Waals surface area contributed by atoms with E-state index in [4.69, 9.17) is 14.2 Å². The minimum absolute atomic E-state index is 0.133. The number of tetrazole rings is 1. The Morgan fingerprint density at radius 2 is 1.94 bits per heavy atom. The topological polar surface area (TPSA) is 104 Å². The number of rotatable bonds is 6. The van der Waals surface area contributed by atoms with Gasteiger partial charge >= 0.3 is 0 Å². The van der Waals surface area contributed by atoms with Gasteiger partial charge in [-0.15, -0.1) is 5.10 Å². The highest BCUT2D eigenvalue weighted by molar-refractivity contribution is 7.99. The van der Waals surface area contributed by atoms with Crippen LogP contribution in [0.4, 0.5) is 11.4 Å². The summed E-state index contributed by atoms with van der Waals surface area (Å²) in [5.41, 5.74) is 2.51. The summed E-state index contributed by atoms with van der Waals surface area (Å²) in [7, 11) is 0. The molecule has 1 amide bonds. The minimum Gasteiger partial charge on any atom is -0.454 e. The maximum atomic E-state index is 12.7. The van der Waals surface area contributed by atoms with Crippen LogP contribution in [0.1, 0.15) is 0 Å². The third kappa shape index (κ3) is 4.28. The van der Waals surface area contributed by atoms with E-state index in [9.17, 15) is 4.79 Å². The Labute approximate surface area is 182 Å². The molecule has 0 saturated carbocycles. The maximum Gasteiger partial charge on any atom is 0.234 e. The number of aromatic nitrogens is 4. The molecular weight excluding hydrogens is 420 g/mol. The van der Waals surface area contributed by atoms with E-state index in [0.717, 1.165) is 30.2 Å². The van der Waals surface area contributed by atoms with Crippen molar-refractivity contribution in [2.24, 2.45) is 0 Å². The molecule has 2 aromatic carbocycles. The Morgan fingerprint density at radius 3 is 2.84 bits per heavy atom. The predicted octanol–water partition coefficient (Wildman–Crippen LogP) is 1.96. The van der Waals surface area contributed by atoms with Gasteiger partial charge in [0.15, 0.2) is 11.5 Å². The van der Waals surface area contributed by atoms with Gasteiger partial charge in [0.1, 0.15) is 0 Å². The molecule has 1 N–H and O–H groups in total. The summed E-state index contributed by atoms with van der Waals surface area (Å²) >= 11 is 1.26. The lowest BCUT2D eigenvalue weighted by Crippen LogP contribution is -2.36. The fourth-order valence-electron chi connectivity index (χ4n) is 3.42. The van der Waals surface area contributed by atoms with E-state index in [1.807, 2.05) is 36.4 Å². The molecule has 5 rings (SSSR count). The molecule has 10 nitrogen and oxygen atoms in total. The highest BCUT2D eigenvalue weighted by Gasteiger charge is 2.19. The van der Waals surface area contributed by atoms with Crippen LogP contribution in [0.15, 0.2) is 47.6 Å². The Kier molecular flexibility index (Phi) is 5.59. The first-order chi connectivity index (χ1) is 15.3. The molecule has 1 saturated heterocycles. The van der Waals surface area contributed by atoms with Gasteiger partial charge in [0.2, 0.25) is 17.9 Å². The molecule has 2 aliphatic heterocycles. The Morgan fingerprint density at radius 1 is 1.10 bits per heavy atom. The second-order valence-electron chi connectivity index (χ2n) is 6.86. The fourth-order valence-corrected chi connectivity index (χ4v) is 4.11. The van der Waals surface area contributed by atoms with Crippen molar-refractivity contribution in [1.82, 2.24) is 20.2 Å². The highest BCUT2D eigenvalue weighted by atomic mass is 32.2. The first-order valence-corrected chi connectivity index (χ1v) is 10.8. The van der Waals surface area contributed by atoms with Gasteiger partial charge in [-0.2, -0.15) is 4.68 Å². The monoisotopic (exact) mass is 440 g/mol. The van der Waals surface area contributed by atoms with Crippen molar-refractivity contribution in [1.29, 1.82) is 0 Å². The van der Waals surface area contributed by atoms with Crippen LogP contribution in [-0.4, -0.2) is 65.0 Å². The van der Waals surface area contributed by atoms with Crippen molar-refractivity contribution >= 4 is 29.0 Å². The van der Waals surface area contributed by atoms with Gasteiger partial charge in [-0.05, 0) is 34.7 Å². The lowest BCUT2D eigenvalue weighted by molar-refractivity contribution is -0.113. The van der Waals surface area contributed by atoms with Gasteiger partial charge in [-0.1, -0.05) is 23.9 Å².